The van der Waals surface area contributed by atoms with E-state index in [1.165, 1.54) is 0 Å². The van der Waals surface area contributed by atoms with E-state index in [0.29, 0.717) is 22.2 Å². The number of carbonyl (C=O) groups excluding carboxylic acids is 1. The van der Waals surface area contributed by atoms with E-state index in [2.05, 4.69) is 15.3 Å². The van der Waals surface area contributed by atoms with Crippen molar-refractivity contribution >= 4 is 23.2 Å². The number of carbonyl (C=O) groups is 1. The second kappa shape index (κ2) is 5.14. The average Bonchev–Trinajstić information content (AvgIpc) is 2.32. The Morgan fingerprint density at radius 2 is 2.06 bits per heavy atom. The molecule has 0 aliphatic heterocycles. The van der Waals surface area contributed by atoms with Crippen LogP contribution in [0.1, 0.15) is 21.9 Å². The van der Waals surface area contributed by atoms with Gasteiger partial charge in [0.25, 0.3) is 5.91 Å². The van der Waals surface area contributed by atoms with Crippen LogP contribution in [0.25, 0.3) is 0 Å². The van der Waals surface area contributed by atoms with Crippen LogP contribution in [0.2, 0.25) is 5.02 Å². The van der Waals surface area contributed by atoms with Crippen LogP contribution in [-0.2, 0) is 0 Å². The summed E-state index contributed by atoms with van der Waals surface area (Å²) in [6.45, 7) is 3.67. The summed E-state index contributed by atoms with van der Waals surface area (Å²) in [6, 6.07) is 7.00. The molecule has 0 saturated heterocycles. The van der Waals surface area contributed by atoms with Crippen LogP contribution in [0.4, 0.5) is 5.69 Å². The lowest BCUT2D eigenvalue weighted by atomic mass is 10.2. The zero-order chi connectivity index (χ0) is 13.1. The van der Waals surface area contributed by atoms with Crippen molar-refractivity contribution in [2.75, 3.05) is 5.32 Å². The molecule has 4 nitrogen and oxygen atoms in total. The summed E-state index contributed by atoms with van der Waals surface area (Å²) in [5, 5.41) is 3.23. The Bertz CT molecular complexity index is 599. The van der Waals surface area contributed by atoms with E-state index < -0.39 is 0 Å². The molecule has 1 heterocycles. The van der Waals surface area contributed by atoms with E-state index in [1.807, 2.05) is 13.0 Å². The summed E-state index contributed by atoms with van der Waals surface area (Å²) in [5.74, 6) is 0.254. The number of aromatic nitrogens is 2. The molecule has 0 spiro atoms. The van der Waals surface area contributed by atoms with Gasteiger partial charge in [-0.25, -0.2) is 9.97 Å². The molecule has 0 unspecified atom stereocenters. The van der Waals surface area contributed by atoms with Gasteiger partial charge in [-0.15, -0.1) is 0 Å². The Labute approximate surface area is 110 Å². The van der Waals surface area contributed by atoms with Crippen molar-refractivity contribution in [2.45, 2.75) is 13.8 Å². The highest BCUT2D eigenvalue weighted by Gasteiger charge is 2.10. The number of hydrogen-bond acceptors (Lipinski definition) is 3. The highest BCUT2D eigenvalue weighted by Crippen LogP contribution is 2.23. The SMILES string of the molecule is Cc1ccc(NC(=O)c2ccnc(C)n2)c(Cl)c1. The molecular weight excluding hydrogens is 250 g/mol. The largest absolute Gasteiger partial charge is 0.319 e. The predicted molar refractivity (Wildman–Crippen MR) is 70.9 cm³/mol. The number of aryl methyl sites for hydroxylation is 2. The molecule has 0 aliphatic rings. The maximum atomic E-state index is 11.9. The topological polar surface area (TPSA) is 54.9 Å². The van der Waals surface area contributed by atoms with Crippen molar-refractivity contribution in [1.29, 1.82) is 0 Å². The average molecular weight is 262 g/mol. The highest BCUT2D eigenvalue weighted by atomic mass is 35.5. The number of benzene rings is 1. The van der Waals surface area contributed by atoms with Crippen molar-refractivity contribution in [3.63, 3.8) is 0 Å². The quantitative estimate of drug-likeness (QED) is 0.904. The molecule has 18 heavy (non-hydrogen) atoms. The minimum Gasteiger partial charge on any atom is -0.319 e. The lowest BCUT2D eigenvalue weighted by Gasteiger charge is -2.07. The Morgan fingerprint density at radius 3 is 2.72 bits per heavy atom. The number of halogens is 1. The van der Waals surface area contributed by atoms with Gasteiger partial charge in [-0.05, 0) is 37.6 Å². The third-order valence-corrected chi connectivity index (χ3v) is 2.69. The summed E-state index contributed by atoms with van der Waals surface area (Å²) in [4.78, 5) is 19.9. The summed E-state index contributed by atoms with van der Waals surface area (Å²) in [6.07, 6.45) is 1.55. The van der Waals surface area contributed by atoms with Gasteiger partial charge in [0.15, 0.2) is 0 Å². The van der Waals surface area contributed by atoms with Crippen LogP contribution in [0.15, 0.2) is 30.5 Å². The molecule has 1 aromatic carbocycles. The lowest BCUT2D eigenvalue weighted by molar-refractivity contribution is 0.102. The molecule has 2 rings (SSSR count). The van der Waals surface area contributed by atoms with E-state index >= 15 is 0 Å². The Hall–Kier alpha value is -1.94. The van der Waals surface area contributed by atoms with Crippen molar-refractivity contribution < 1.29 is 4.79 Å². The first-order valence-corrected chi connectivity index (χ1v) is 5.81. The summed E-state index contributed by atoms with van der Waals surface area (Å²) in [5.41, 5.74) is 1.93. The minimum absolute atomic E-state index is 0.300. The van der Waals surface area contributed by atoms with E-state index in [1.54, 1.807) is 31.3 Å². The number of nitrogens with one attached hydrogen (secondary N) is 1. The third kappa shape index (κ3) is 2.84. The molecule has 1 amide bonds. The normalized spacial score (nSPS) is 10.2. The van der Waals surface area contributed by atoms with Crippen molar-refractivity contribution in [3.8, 4) is 0 Å². The third-order valence-electron chi connectivity index (χ3n) is 2.38. The van der Waals surface area contributed by atoms with E-state index in [4.69, 9.17) is 11.6 Å². The number of anilines is 1. The Kier molecular flexibility index (Phi) is 3.58. The number of amides is 1. The van der Waals surface area contributed by atoms with Gasteiger partial charge in [-0.3, -0.25) is 4.79 Å². The summed E-state index contributed by atoms with van der Waals surface area (Å²) in [7, 11) is 0. The van der Waals surface area contributed by atoms with E-state index in [9.17, 15) is 4.79 Å². The molecule has 0 aliphatic carbocycles. The van der Waals surface area contributed by atoms with Crippen LogP contribution in [0, 0.1) is 13.8 Å². The standard InChI is InChI=1S/C13H12ClN3O/c1-8-3-4-11(10(14)7-8)17-13(18)12-5-6-15-9(2)16-12/h3-7H,1-2H3,(H,17,18). The first kappa shape index (κ1) is 12.5. The zero-order valence-corrected chi connectivity index (χ0v) is 10.8. The highest BCUT2D eigenvalue weighted by molar-refractivity contribution is 6.34. The van der Waals surface area contributed by atoms with E-state index in [-0.39, 0.29) is 5.91 Å². The molecular formula is C13H12ClN3O. The molecule has 2 aromatic rings. The smallest absolute Gasteiger partial charge is 0.274 e. The maximum Gasteiger partial charge on any atom is 0.274 e. The van der Waals surface area contributed by atoms with Crippen LogP contribution in [0.5, 0.6) is 0 Å². The van der Waals surface area contributed by atoms with Gasteiger partial charge in [0.1, 0.15) is 11.5 Å². The fourth-order valence-electron chi connectivity index (χ4n) is 1.49. The molecule has 1 aromatic heterocycles. The second-order valence-electron chi connectivity index (χ2n) is 3.93. The van der Waals surface area contributed by atoms with Gasteiger partial charge in [-0.2, -0.15) is 0 Å². The summed E-state index contributed by atoms with van der Waals surface area (Å²) < 4.78 is 0. The number of nitrogens with zero attached hydrogens (tertiary/aromatic N) is 2. The van der Waals surface area contributed by atoms with E-state index in [0.717, 1.165) is 5.56 Å². The monoisotopic (exact) mass is 261 g/mol. The van der Waals surface area contributed by atoms with Crippen molar-refractivity contribution in [1.82, 2.24) is 9.97 Å². The predicted octanol–water partition coefficient (Wildman–Crippen LogP) is 3.00. The first-order valence-electron chi connectivity index (χ1n) is 5.43. The lowest BCUT2D eigenvalue weighted by Crippen LogP contribution is -2.14. The Balaban J connectivity index is 2.21. The number of rotatable bonds is 2. The van der Waals surface area contributed by atoms with Gasteiger partial charge in [-0.1, -0.05) is 17.7 Å². The molecule has 0 atom stereocenters. The van der Waals surface area contributed by atoms with Crippen molar-refractivity contribution in [3.05, 3.63) is 52.6 Å². The molecule has 92 valence electrons. The molecule has 0 fully saturated rings. The van der Waals surface area contributed by atoms with Gasteiger partial charge in [0, 0.05) is 6.20 Å². The summed E-state index contributed by atoms with van der Waals surface area (Å²) >= 11 is 6.04. The fraction of sp³-hybridized carbons (Fsp3) is 0.154. The zero-order valence-electron chi connectivity index (χ0n) is 10.1. The van der Waals surface area contributed by atoms with Gasteiger partial charge < -0.3 is 5.32 Å². The molecule has 0 saturated carbocycles. The fourth-order valence-corrected chi connectivity index (χ4v) is 1.77. The second-order valence-corrected chi connectivity index (χ2v) is 4.33. The first-order chi connectivity index (χ1) is 8.56. The van der Waals surface area contributed by atoms with Gasteiger partial charge in [0.05, 0.1) is 10.7 Å². The van der Waals surface area contributed by atoms with Gasteiger partial charge >= 0.3 is 0 Å². The van der Waals surface area contributed by atoms with Crippen LogP contribution < -0.4 is 5.32 Å². The van der Waals surface area contributed by atoms with Crippen LogP contribution in [0.3, 0.4) is 0 Å². The maximum absolute atomic E-state index is 11.9. The molecule has 0 radical (unpaired) electrons. The minimum atomic E-state index is -0.300. The van der Waals surface area contributed by atoms with Gasteiger partial charge in [0.2, 0.25) is 0 Å². The van der Waals surface area contributed by atoms with Crippen LogP contribution >= 0.6 is 11.6 Å². The molecule has 5 heteroatoms. The number of hydrogen-bond donors (Lipinski definition) is 1. The van der Waals surface area contributed by atoms with Crippen LogP contribution in [-0.4, -0.2) is 15.9 Å². The van der Waals surface area contributed by atoms with Crippen molar-refractivity contribution in [2.24, 2.45) is 0 Å². The molecule has 1 N–H and O–H groups in total. The molecule has 0 bridgehead atoms. The Morgan fingerprint density at radius 1 is 1.28 bits per heavy atom.